The van der Waals surface area contributed by atoms with Crippen molar-refractivity contribution in [2.24, 2.45) is 0 Å². The molecule has 0 saturated carbocycles. The number of hydrogen-bond donors (Lipinski definition) is 0. The van der Waals surface area contributed by atoms with Crippen LogP contribution in [-0.4, -0.2) is 23.0 Å². The summed E-state index contributed by atoms with van der Waals surface area (Å²) in [4.78, 5) is 0. The zero-order valence-electron chi connectivity index (χ0n) is 5.88. The molecule has 0 spiro atoms. The highest BCUT2D eigenvalue weighted by atomic mass is 33.2. The molecule has 0 aromatic heterocycles. The molecule has 0 aromatic rings. The van der Waals surface area contributed by atoms with Crippen molar-refractivity contribution in [3.63, 3.8) is 0 Å². The van der Waals surface area contributed by atoms with E-state index in [4.69, 9.17) is 0 Å². The van der Waals surface area contributed by atoms with Gasteiger partial charge in [0.1, 0.15) is 11.5 Å². The Morgan fingerprint density at radius 2 is 1.80 bits per heavy atom. The number of rotatable bonds is 1. The van der Waals surface area contributed by atoms with Gasteiger partial charge in [-0.1, -0.05) is 0 Å². The third-order valence-electron chi connectivity index (χ3n) is 2.21. The molecule has 2 saturated heterocycles. The lowest BCUT2D eigenvalue weighted by Gasteiger charge is -2.29. The second-order valence-corrected chi connectivity index (χ2v) is 10.1. The molecule has 2 heterocycles. The molecule has 0 aromatic carbocycles. The first kappa shape index (κ1) is 7.28. The van der Waals surface area contributed by atoms with Crippen LogP contribution in [0.1, 0.15) is 12.8 Å². The Morgan fingerprint density at radius 1 is 1.20 bits per heavy atom. The molecule has 2 aliphatic heterocycles. The van der Waals surface area contributed by atoms with Gasteiger partial charge in [0.05, 0.1) is 9.93 Å². The Hall–Kier alpha value is 0.620. The van der Waals surface area contributed by atoms with Gasteiger partial charge in [-0.25, -0.2) is 0 Å². The molecule has 2 nitrogen and oxygen atoms in total. The van der Waals surface area contributed by atoms with Crippen molar-refractivity contribution in [2.45, 2.75) is 12.8 Å². The van der Waals surface area contributed by atoms with E-state index in [9.17, 15) is 5.26 Å². The predicted octanol–water partition coefficient (Wildman–Crippen LogP) is 0.339. The fraction of sp³-hybridized carbons (Fsp3) is 1.00. The van der Waals surface area contributed by atoms with E-state index in [1.807, 2.05) is 0 Å². The van der Waals surface area contributed by atoms with Gasteiger partial charge in [-0.2, -0.15) is 0 Å². The SMILES string of the molecule is [O-]OS12CCC[S+]1CCC2. The molecule has 0 bridgehead atoms. The molecule has 4 heteroatoms. The molecule has 0 unspecified atom stereocenters. The van der Waals surface area contributed by atoms with Crippen molar-refractivity contribution >= 4 is 19.3 Å². The smallest absolute Gasteiger partial charge is 0.121 e. The van der Waals surface area contributed by atoms with Crippen LogP contribution in [0.4, 0.5) is 0 Å². The molecule has 2 aliphatic rings. The van der Waals surface area contributed by atoms with Crippen LogP contribution < -0.4 is 5.26 Å². The van der Waals surface area contributed by atoms with Gasteiger partial charge in [0.25, 0.3) is 0 Å². The van der Waals surface area contributed by atoms with Crippen molar-refractivity contribution in [1.82, 2.24) is 0 Å². The molecule has 0 N–H and O–H groups in total. The third kappa shape index (κ3) is 0.897. The Bertz CT molecular complexity index is 130. The fourth-order valence-corrected chi connectivity index (χ4v) is 10.8. The highest BCUT2D eigenvalue weighted by Gasteiger charge is 2.50. The Kier molecular flexibility index (Phi) is 1.88. The van der Waals surface area contributed by atoms with E-state index in [0.29, 0.717) is 9.93 Å². The summed E-state index contributed by atoms with van der Waals surface area (Å²) in [6.45, 7) is 0. The van der Waals surface area contributed by atoms with Crippen LogP contribution in [-0.2, 0) is 14.3 Å². The summed E-state index contributed by atoms with van der Waals surface area (Å²) in [6.07, 6.45) is 2.50. The van der Waals surface area contributed by atoms with Gasteiger partial charge in [0.2, 0.25) is 0 Å². The zero-order chi connectivity index (χ0) is 7.03. The summed E-state index contributed by atoms with van der Waals surface area (Å²) >= 11 is 0. The van der Waals surface area contributed by atoms with Crippen LogP contribution in [0.2, 0.25) is 0 Å². The number of hydrogen-bond acceptors (Lipinski definition) is 2. The fourth-order valence-electron chi connectivity index (χ4n) is 1.73. The second kappa shape index (κ2) is 2.59. The molecular weight excluding hydrogens is 168 g/mol. The summed E-state index contributed by atoms with van der Waals surface area (Å²) < 4.78 is 4.47. The van der Waals surface area contributed by atoms with Crippen LogP contribution in [0.15, 0.2) is 0 Å². The average Bonchev–Trinajstić information content (AvgIpc) is 2.42. The maximum absolute atomic E-state index is 10.5. The summed E-state index contributed by atoms with van der Waals surface area (Å²) in [5.74, 6) is 4.80. The van der Waals surface area contributed by atoms with Gasteiger partial charge in [-0.3, -0.25) is 0 Å². The van der Waals surface area contributed by atoms with Crippen molar-refractivity contribution < 1.29 is 9.59 Å². The normalized spacial score (nSPS) is 52.3. The van der Waals surface area contributed by atoms with Crippen LogP contribution in [0.25, 0.3) is 0 Å². The van der Waals surface area contributed by atoms with Crippen molar-refractivity contribution in [3.05, 3.63) is 0 Å². The lowest BCUT2D eigenvalue weighted by Crippen LogP contribution is -2.17. The minimum Gasteiger partial charge on any atom is -0.709 e. The average molecular weight is 180 g/mol. The molecule has 10 heavy (non-hydrogen) atoms. The van der Waals surface area contributed by atoms with Crippen LogP contribution in [0.5, 0.6) is 0 Å². The maximum Gasteiger partial charge on any atom is 0.121 e. The predicted molar refractivity (Wildman–Crippen MR) is 44.7 cm³/mol. The molecule has 2 rings (SSSR count). The molecule has 0 amide bonds. The molecule has 2 fully saturated rings. The third-order valence-corrected chi connectivity index (χ3v) is 11.4. The Labute approximate surface area is 65.1 Å². The number of fused-ring (bicyclic) bond motifs is 1. The molecule has 0 radical (unpaired) electrons. The van der Waals surface area contributed by atoms with Crippen LogP contribution in [0.3, 0.4) is 0 Å². The van der Waals surface area contributed by atoms with Gasteiger partial charge in [0.15, 0.2) is 0 Å². The monoisotopic (exact) mass is 180 g/mol. The largest absolute Gasteiger partial charge is 0.709 e. The first-order chi connectivity index (χ1) is 4.87. The van der Waals surface area contributed by atoms with E-state index < -0.39 is 9.34 Å². The van der Waals surface area contributed by atoms with Gasteiger partial charge < -0.3 is 9.59 Å². The van der Waals surface area contributed by atoms with Gasteiger partial charge in [-0.15, -0.1) is 0 Å². The summed E-state index contributed by atoms with van der Waals surface area (Å²) in [6, 6.07) is 0. The summed E-state index contributed by atoms with van der Waals surface area (Å²) in [5, 5.41) is 10.5. The first-order valence-corrected chi connectivity index (χ1v) is 7.63. The molecule has 0 aliphatic carbocycles. The molecule has 0 atom stereocenters. The van der Waals surface area contributed by atoms with E-state index >= 15 is 0 Å². The van der Waals surface area contributed by atoms with E-state index in [1.54, 1.807) is 0 Å². The van der Waals surface area contributed by atoms with E-state index in [-0.39, 0.29) is 0 Å². The van der Waals surface area contributed by atoms with E-state index in [1.165, 1.54) is 24.3 Å². The lowest BCUT2D eigenvalue weighted by molar-refractivity contribution is -0.632. The topological polar surface area (TPSA) is 32.3 Å². The van der Waals surface area contributed by atoms with Crippen molar-refractivity contribution in [3.8, 4) is 0 Å². The minimum atomic E-state index is -1.03. The Morgan fingerprint density at radius 3 is 2.20 bits per heavy atom. The van der Waals surface area contributed by atoms with Gasteiger partial charge in [0, 0.05) is 33.7 Å². The van der Waals surface area contributed by atoms with E-state index in [0.717, 1.165) is 11.5 Å². The molecule has 60 valence electrons. The van der Waals surface area contributed by atoms with Crippen molar-refractivity contribution in [2.75, 3.05) is 23.0 Å². The lowest BCUT2D eigenvalue weighted by atomic mass is 10.6. The summed E-state index contributed by atoms with van der Waals surface area (Å²) in [7, 11) is -0.610. The van der Waals surface area contributed by atoms with Crippen LogP contribution in [0, 0.1) is 0 Å². The highest BCUT2D eigenvalue weighted by Crippen LogP contribution is 2.64. The highest BCUT2D eigenvalue weighted by molar-refractivity contribution is 8.90. The Balaban J connectivity index is 2.15. The minimum absolute atomic E-state index is 0.422. The first-order valence-electron chi connectivity index (χ1n) is 3.65. The quantitative estimate of drug-likeness (QED) is 0.252. The zero-order valence-corrected chi connectivity index (χ0v) is 7.51. The second-order valence-electron chi connectivity index (χ2n) is 2.78. The van der Waals surface area contributed by atoms with Gasteiger partial charge in [-0.05, 0) is 0 Å². The summed E-state index contributed by atoms with van der Waals surface area (Å²) in [5.41, 5.74) is 0. The van der Waals surface area contributed by atoms with Crippen LogP contribution >= 0.6 is 9.34 Å². The van der Waals surface area contributed by atoms with Gasteiger partial charge >= 0.3 is 0 Å². The maximum atomic E-state index is 10.5. The van der Waals surface area contributed by atoms with Crippen molar-refractivity contribution in [1.29, 1.82) is 0 Å². The standard InChI is InChI=1S/C6H12O2S2/c7-8-10-5-1-3-9(10)4-2-6-10/h1-6H2. The molecular formula is C6H12O2S2. The van der Waals surface area contributed by atoms with E-state index in [2.05, 4.69) is 4.33 Å².